The van der Waals surface area contributed by atoms with Gasteiger partial charge in [0.25, 0.3) is 0 Å². The zero-order valence-electron chi connectivity index (χ0n) is 15.8. The topological polar surface area (TPSA) is 109 Å². The number of amides is 1. The first-order valence-corrected chi connectivity index (χ1v) is 9.56. The molecule has 0 radical (unpaired) electrons. The van der Waals surface area contributed by atoms with Crippen LogP contribution in [0.1, 0.15) is 53.4 Å². The predicted molar refractivity (Wildman–Crippen MR) is 106 cm³/mol. The maximum Gasteiger partial charge on any atom is 0.218 e. The summed E-state index contributed by atoms with van der Waals surface area (Å²) in [6.45, 7) is 2.30. The molecular weight excluding hydrogens is 395 g/mol. The van der Waals surface area contributed by atoms with Gasteiger partial charge in [-0.25, -0.2) is 4.39 Å². The zero-order chi connectivity index (χ0) is 21.2. The molecule has 0 saturated heterocycles. The maximum absolute atomic E-state index is 15.4. The van der Waals surface area contributed by atoms with Crippen LogP contribution in [-0.2, 0) is 10.2 Å². The summed E-state index contributed by atoms with van der Waals surface area (Å²) >= 11 is 6.15. The van der Waals surface area contributed by atoms with Crippen LogP contribution in [0.3, 0.4) is 0 Å². The molecule has 2 aromatic rings. The third kappa shape index (κ3) is 4.44. The van der Waals surface area contributed by atoms with Gasteiger partial charge < -0.3 is 11.1 Å². The van der Waals surface area contributed by atoms with Crippen molar-refractivity contribution in [1.29, 1.82) is 5.26 Å². The van der Waals surface area contributed by atoms with Gasteiger partial charge in [-0.1, -0.05) is 17.7 Å². The van der Waals surface area contributed by atoms with E-state index in [2.05, 4.69) is 10.3 Å². The number of rotatable bonds is 8. The number of primary amides is 1. The first-order chi connectivity index (χ1) is 13.8. The zero-order valence-corrected chi connectivity index (χ0v) is 16.6. The molecule has 1 aromatic heterocycles. The highest BCUT2D eigenvalue weighted by molar-refractivity contribution is 6.35. The van der Waals surface area contributed by atoms with Gasteiger partial charge in [-0.05, 0) is 43.5 Å². The lowest BCUT2D eigenvalue weighted by Gasteiger charge is -2.21. The van der Waals surface area contributed by atoms with Crippen molar-refractivity contribution in [3.63, 3.8) is 0 Å². The van der Waals surface area contributed by atoms with Crippen LogP contribution in [0.4, 0.5) is 4.39 Å². The predicted octanol–water partition coefficient (Wildman–Crippen LogP) is 2.86. The smallest absolute Gasteiger partial charge is 0.218 e. The highest BCUT2D eigenvalue weighted by Gasteiger charge is 2.46. The molecular formula is C21H20ClFN4O2. The average molecular weight is 415 g/mol. The molecule has 0 unspecified atom stereocenters. The number of aromatic nitrogens is 1. The van der Waals surface area contributed by atoms with Crippen LogP contribution >= 0.6 is 11.6 Å². The van der Waals surface area contributed by atoms with E-state index in [4.69, 9.17) is 22.6 Å². The lowest BCUT2D eigenvalue weighted by Crippen LogP contribution is -2.37. The molecule has 0 bridgehead atoms. The summed E-state index contributed by atoms with van der Waals surface area (Å²) in [6.07, 6.45) is 2.96. The van der Waals surface area contributed by atoms with Crippen LogP contribution in [0, 0.1) is 17.1 Å². The van der Waals surface area contributed by atoms with Crippen LogP contribution in [0.25, 0.3) is 0 Å². The van der Waals surface area contributed by atoms with E-state index in [0.717, 1.165) is 12.8 Å². The molecule has 6 nitrogen and oxygen atoms in total. The van der Waals surface area contributed by atoms with Gasteiger partial charge in [0.2, 0.25) is 11.7 Å². The van der Waals surface area contributed by atoms with Crippen molar-refractivity contribution in [2.45, 2.75) is 37.6 Å². The van der Waals surface area contributed by atoms with Crippen molar-refractivity contribution < 1.29 is 14.0 Å². The molecule has 1 amide bonds. The summed E-state index contributed by atoms with van der Waals surface area (Å²) in [6, 6.07) is 7.73. The van der Waals surface area contributed by atoms with Gasteiger partial charge in [0, 0.05) is 30.6 Å². The Labute approximate surface area is 172 Å². The van der Waals surface area contributed by atoms with E-state index in [1.54, 1.807) is 6.07 Å². The number of nitrogens with zero attached hydrogens (tertiary/aromatic N) is 2. The number of nitriles is 1. The van der Waals surface area contributed by atoms with Gasteiger partial charge in [-0.2, -0.15) is 5.26 Å². The third-order valence-corrected chi connectivity index (χ3v) is 5.48. The molecule has 3 rings (SSSR count). The quantitative estimate of drug-likeness (QED) is 0.645. The first kappa shape index (κ1) is 20.9. The van der Waals surface area contributed by atoms with Crippen LogP contribution in [0.15, 0.2) is 30.5 Å². The maximum atomic E-state index is 15.4. The largest absolute Gasteiger partial charge is 0.370 e. The van der Waals surface area contributed by atoms with Crippen LogP contribution in [0.2, 0.25) is 5.02 Å². The molecule has 8 heteroatoms. The Balaban J connectivity index is 1.88. The monoisotopic (exact) mass is 414 g/mol. The van der Waals surface area contributed by atoms with Gasteiger partial charge in [0.1, 0.15) is 17.6 Å². The summed E-state index contributed by atoms with van der Waals surface area (Å²) < 4.78 is 15.4. The Bertz CT molecular complexity index is 997. The fraction of sp³-hybridized carbons (Fsp3) is 0.333. The van der Waals surface area contributed by atoms with E-state index in [1.807, 2.05) is 13.0 Å². The minimum atomic E-state index is -0.657. The van der Waals surface area contributed by atoms with E-state index in [0.29, 0.717) is 17.7 Å². The summed E-state index contributed by atoms with van der Waals surface area (Å²) in [7, 11) is 0. The summed E-state index contributed by atoms with van der Waals surface area (Å²) in [5.74, 6) is -1.70. The molecule has 0 spiro atoms. The molecule has 1 heterocycles. The lowest BCUT2D eigenvalue weighted by atomic mass is 9.91. The second-order valence-electron chi connectivity index (χ2n) is 7.39. The molecule has 1 atom stereocenters. The Hall–Kier alpha value is -2.82. The van der Waals surface area contributed by atoms with E-state index in [9.17, 15) is 9.59 Å². The lowest BCUT2D eigenvalue weighted by molar-refractivity contribution is -0.118. The van der Waals surface area contributed by atoms with E-state index in [-0.39, 0.29) is 28.7 Å². The molecule has 1 fully saturated rings. The Morgan fingerprint density at radius 2 is 2.10 bits per heavy atom. The number of nitrogens with one attached hydrogen (secondary N) is 1. The summed E-state index contributed by atoms with van der Waals surface area (Å²) in [4.78, 5) is 27.8. The van der Waals surface area contributed by atoms with Crippen LogP contribution < -0.4 is 11.1 Å². The number of halogens is 2. The number of benzene rings is 1. The SMILES string of the molecule is C[C@H](CC(N)=O)NCC1(c2ccc(Cl)c(C(=O)c3ccc(C#N)cn3)c2F)CC1. The number of pyridine rings is 1. The summed E-state index contributed by atoms with van der Waals surface area (Å²) in [5, 5.41) is 12.1. The fourth-order valence-corrected chi connectivity index (χ4v) is 3.56. The van der Waals surface area contributed by atoms with E-state index < -0.39 is 22.9 Å². The Morgan fingerprint density at radius 1 is 1.38 bits per heavy atom. The number of hydrogen-bond acceptors (Lipinski definition) is 5. The first-order valence-electron chi connectivity index (χ1n) is 9.18. The van der Waals surface area contributed by atoms with Gasteiger partial charge in [0.05, 0.1) is 16.1 Å². The second kappa shape index (κ2) is 8.27. The van der Waals surface area contributed by atoms with Gasteiger partial charge in [-0.3, -0.25) is 14.6 Å². The molecule has 1 aliphatic carbocycles. The molecule has 1 saturated carbocycles. The Morgan fingerprint density at radius 3 is 2.66 bits per heavy atom. The Kier molecular flexibility index (Phi) is 5.96. The second-order valence-corrected chi connectivity index (χ2v) is 7.80. The van der Waals surface area contributed by atoms with Crippen molar-refractivity contribution in [1.82, 2.24) is 10.3 Å². The molecule has 1 aromatic carbocycles. The molecule has 3 N–H and O–H groups in total. The van der Waals surface area contributed by atoms with E-state index >= 15 is 4.39 Å². The molecule has 29 heavy (non-hydrogen) atoms. The average Bonchev–Trinajstić information content (AvgIpc) is 3.47. The van der Waals surface area contributed by atoms with E-state index in [1.165, 1.54) is 24.4 Å². The van der Waals surface area contributed by atoms with Crippen molar-refractivity contribution in [2.75, 3.05) is 6.54 Å². The fourth-order valence-electron chi connectivity index (χ4n) is 3.33. The normalized spacial score (nSPS) is 15.4. The highest BCUT2D eigenvalue weighted by atomic mass is 35.5. The van der Waals surface area contributed by atoms with Crippen molar-refractivity contribution in [3.05, 3.63) is 63.7 Å². The van der Waals surface area contributed by atoms with Crippen molar-refractivity contribution >= 4 is 23.3 Å². The number of carbonyl (C=O) groups excluding carboxylic acids is 2. The standard InChI is InChI=1S/C21H20ClFN4O2/c1-12(8-17(25)28)27-11-21(6-7-21)14-3-4-15(22)18(19(14)23)20(29)16-5-2-13(9-24)10-26-16/h2-5,10,12,27H,6-8,11H2,1H3,(H2,25,28)/t12-/m1/s1. The third-order valence-electron chi connectivity index (χ3n) is 5.16. The number of hydrogen-bond donors (Lipinski definition) is 2. The minimum absolute atomic E-state index is 0.00765. The van der Waals surface area contributed by atoms with Crippen LogP contribution in [0.5, 0.6) is 0 Å². The molecule has 0 aliphatic heterocycles. The number of nitrogens with two attached hydrogens (primary N) is 1. The highest BCUT2D eigenvalue weighted by Crippen LogP contribution is 2.49. The molecule has 150 valence electrons. The molecule has 1 aliphatic rings. The summed E-state index contributed by atoms with van der Waals surface area (Å²) in [5.41, 5.74) is 5.27. The minimum Gasteiger partial charge on any atom is -0.370 e. The van der Waals surface area contributed by atoms with Crippen LogP contribution in [-0.4, -0.2) is 29.3 Å². The van der Waals surface area contributed by atoms with Crippen molar-refractivity contribution in [2.24, 2.45) is 5.73 Å². The van der Waals surface area contributed by atoms with Gasteiger partial charge in [0.15, 0.2) is 0 Å². The van der Waals surface area contributed by atoms with Crippen molar-refractivity contribution in [3.8, 4) is 6.07 Å². The van der Waals surface area contributed by atoms with Gasteiger partial charge >= 0.3 is 0 Å². The van der Waals surface area contributed by atoms with Gasteiger partial charge in [-0.15, -0.1) is 0 Å². The number of ketones is 1. The number of carbonyl (C=O) groups is 2.